The van der Waals surface area contributed by atoms with Crippen molar-refractivity contribution in [1.29, 1.82) is 0 Å². The van der Waals surface area contributed by atoms with Crippen LogP contribution in [0.1, 0.15) is 24.6 Å². The van der Waals surface area contributed by atoms with Crippen LogP contribution >= 0.6 is 27.7 Å². The van der Waals surface area contributed by atoms with Crippen LogP contribution in [0.5, 0.6) is 0 Å². The van der Waals surface area contributed by atoms with Gasteiger partial charge >= 0.3 is 0 Å². The Kier molecular flexibility index (Phi) is 2.38. The first kappa shape index (κ1) is 9.49. The smallest absolute Gasteiger partial charge is 0.153 e. The fraction of sp³-hybridized carbons (Fsp3) is 0.444. The van der Waals surface area contributed by atoms with Crippen molar-refractivity contribution in [3.8, 4) is 0 Å². The van der Waals surface area contributed by atoms with Crippen LogP contribution in [-0.2, 0) is 10.7 Å². The van der Waals surface area contributed by atoms with Crippen molar-refractivity contribution in [2.45, 2.75) is 24.0 Å². The number of fused-ring (bicyclic) bond motifs is 1. The summed E-state index contributed by atoms with van der Waals surface area (Å²) in [5.41, 5.74) is 1.98. The lowest BCUT2D eigenvalue weighted by molar-refractivity contribution is 0.131. The zero-order chi connectivity index (χ0) is 9.47. The molecule has 4 heteroatoms. The van der Waals surface area contributed by atoms with Crippen LogP contribution in [0.3, 0.4) is 0 Å². The molecule has 0 radical (unpaired) electrons. The summed E-state index contributed by atoms with van der Waals surface area (Å²) in [4.78, 5) is 3.56. The zero-order valence-corrected chi connectivity index (χ0v) is 9.65. The maximum absolute atomic E-state index is 10.2. The molecule has 0 amide bonds. The highest BCUT2D eigenvalue weighted by Crippen LogP contribution is 2.46. The summed E-state index contributed by atoms with van der Waals surface area (Å²) in [5, 5.41) is 10.2. The zero-order valence-electron chi connectivity index (χ0n) is 7.25. The summed E-state index contributed by atoms with van der Waals surface area (Å²) in [7, 11) is 0. The Bertz CT molecular complexity index is 344. The van der Waals surface area contributed by atoms with Crippen molar-refractivity contribution in [3.05, 3.63) is 28.0 Å². The minimum atomic E-state index is -0.765. The fourth-order valence-corrected chi connectivity index (χ4v) is 2.91. The number of hydrogen-bond donors (Lipinski definition) is 1. The highest BCUT2D eigenvalue weighted by atomic mass is 79.9. The van der Waals surface area contributed by atoms with E-state index in [-0.39, 0.29) is 0 Å². The molecule has 0 fully saturated rings. The van der Waals surface area contributed by atoms with E-state index in [4.69, 9.17) is 0 Å². The maximum Gasteiger partial charge on any atom is 0.153 e. The molecule has 0 saturated carbocycles. The Balaban J connectivity index is 2.52. The first-order valence-corrected chi connectivity index (χ1v) is 5.96. The van der Waals surface area contributed by atoms with Crippen LogP contribution in [0.15, 0.2) is 16.7 Å². The quantitative estimate of drug-likeness (QED) is 0.788. The average molecular weight is 260 g/mol. The molecule has 0 saturated heterocycles. The van der Waals surface area contributed by atoms with Crippen LogP contribution in [0.25, 0.3) is 0 Å². The number of pyridine rings is 1. The Morgan fingerprint density at radius 2 is 2.46 bits per heavy atom. The molecule has 1 aliphatic heterocycles. The summed E-state index contributed by atoms with van der Waals surface area (Å²) in [5.74, 6) is 0.861. The Morgan fingerprint density at radius 3 is 3.15 bits per heavy atom. The fourth-order valence-electron chi connectivity index (χ4n) is 1.45. The number of rotatable bonds is 1. The second-order valence-corrected chi connectivity index (χ2v) is 5.13. The second-order valence-electron chi connectivity index (χ2n) is 3.07. The van der Waals surface area contributed by atoms with Crippen molar-refractivity contribution in [2.24, 2.45) is 0 Å². The first-order chi connectivity index (χ1) is 6.15. The van der Waals surface area contributed by atoms with E-state index in [0.717, 1.165) is 21.6 Å². The average Bonchev–Trinajstić information content (AvgIpc) is 2.45. The molecule has 1 aromatic heterocycles. The molecule has 2 heterocycles. The van der Waals surface area contributed by atoms with Gasteiger partial charge in [0.15, 0.2) is 4.93 Å². The maximum atomic E-state index is 10.2. The van der Waals surface area contributed by atoms with E-state index < -0.39 is 4.93 Å². The molecule has 1 unspecified atom stereocenters. The molecule has 70 valence electrons. The SMILES string of the molecule is CCC1(O)SCc2ccc(Br)nc21. The standard InChI is InChI=1S/C9H10BrNOS/c1-2-9(12)8-6(5-13-9)3-4-7(10)11-8/h3-4,12H,2,5H2,1H3. The van der Waals surface area contributed by atoms with Crippen molar-refractivity contribution in [2.75, 3.05) is 0 Å². The number of aromatic nitrogens is 1. The van der Waals surface area contributed by atoms with Crippen LogP contribution in [-0.4, -0.2) is 10.1 Å². The van der Waals surface area contributed by atoms with E-state index in [1.54, 1.807) is 11.8 Å². The molecule has 1 aliphatic rings. The van der Waals surface area contributed by atoms with Gasteiger partial charge in [-0.3, -0.25) is 0 Å². The van der Waals surface area contributed by atoms with E-state index in [0.29, 0.717) is 6.42 Å². The van der Waals surface area contributed by atoms with Crippen LogP contribution in [0, 0.1) is 0 Å². The van der Waals surface area contributed by atoms with Gasteiger partial charge < -0.3 is 5.11 Å². The highest BCUT2D eigenvalue weighted by Gasteiger charge is 2.37. The summed E-state index contributed by atoms with van der Waals surface area (Å²) in [6.45, 7) is 1.98. The summed E-state index contributed by atoms with van der Waals surface area (Å²) in [6, 6.07) is 3.94. The molecular weight excluding hydrogens is 250 g/mol. The molecule has 1 aromatic rings. The van der Waals surface area contributed by atoms with Crippen molar-refractivity contribution in [3.63, 3.8) is 0 Å². The van der Waals surface area contributed by atoms with Gasteiger partial charge in [0.25, 0.3) is 0 Å². The third kappa shape index (κ3) is 1.51. The van der Waals surface area contributed by atoms with Crippen molar-refractivity contribution in [1.82, 2.24) is 4.98 Å². The molecule has 1 N–H and O–H groups in total. The first-order valence-electron chi connectivity index (χ1n) is 4.18. The second kappa shape index (κ2) is 3.26. The summed E-state index contributed by atoms with van der Waals surface area (Å²) in [6.07, 6.45) is 0.703. The van der Waals surface area contributed by atoms with Gasteiger partial charge in [-0.2, -0.15) is 0 Å². The monoisotopic (exact) mass is 259 g/mol. The van der Waals surface area contributed by atoms with E-state index in [9.17, 15) is 5.11 Å². The Hall–Kier alpha value is -0.0600. The molecule has 2 nitrogen and oxygen atoms in total. The predicted molar refractivity (Wildman–Crippen MR) is 57.4 cm³/mol. The highest BCUT2D eigenvalue weighted by molar-refractivity contribution is 9.10. The van der Waals surface area contributed by atoms with Gasteiger partial charge in [0.2, 0.25) is 0 Å². The number of hydrogen-bond acceptors (Lipinski definition) is 3. The van der Waals surface area contributed by atoms with Crippen LogP contribution in [0.2, 0.25) is 0 Å². The van der Waals surface area contributed by atoms with Gasteiger partial charge in [0, 0.05) is 5.75 Å². The van der Waals surface area contributed by atoms with E-state index >= 15 is 0 Å². The van der Waals surface area contributed by atoms with E-state index in [1.807, 2.05) is 19.1 Å². The molecular formula is C9H10BrNOS. The van der Waals surface area contributed by atoms with Gasteiger partial charge in [-0.15, -0.1) is 11.8 Å². The van der Waals surface area contributed by atoms with Gasteiger partial charge in [0.1, 0.15) is 4.60 Å². The summed E-state index contributed by atoms with van der Waals surface area (Å²) >= 11 is 4.87. The van der Waals surface area contributed by atoms with Crippen molar-refractivity contribution < 1.29 is 5.11 Å². The number of nitrogens with zero attached hydrogens (tertiary/aromatic N) is 1. The van der Waals surface area contributed by atoms with Gasteiger partial charge in [-0.1, -0.05) is 13.0 Å². The topological polar surface area (TPSA) is 33.1 Å². The van der Waals surface area contributed by atoms with E-state index in [1.165, 1.54) is 0 Å². The number of aliphatic hydroxyl groups is 1. The number of thioether (sulfide) groups is 1. The van der Waals surface area contributed by atoms with Gasteiger partial charge in [0.05, 0.1) is 5.69 Å². The Morgan fingerprint density at radius 1 is 1.69 bits per heavy atom. The lowest BCUT2D eigenvalue weighted by atomic mass is 10.1. The third-order valence-electron chi connectivity index (χ3n) is 2.26. The van der Waals surface area contributed by atoms with Crippen LogP contribution in [0.4, 0.5) is 0 Å². The van der Waals surface area contributed by atoms with Crippen LogP contribution < -0.4 is 0 Å². The molecule has 0 spiro atoms. The normalized spacial score (nSPS) is 26.1. The third-order valence-corrected chi connectivity index (χ3v) is 4.12. The van der Waals surface area contributed by atoms with Gasteiger partial charge in [-0.05, 0) is 34.0 Å². The molecule has 1 atom stereocenters. The largest absolute Gasteiger partial charge is 0.374 e. The lowest BCUT2D eigenvalue weighted by Gasteiger charge is -2.19. The molecule has 13 heavy (non-hydrogen) atoms. The minimum Gasteiger partial charge on any atom is -0.374 e. The van der Waals surface area contributed by atoms with Crippen molar-refractivity contribution >= 4 is 27.7 Å². The Labute approximate surface area is 89.9 Å². The van der Waals surface area contributed by atoms with Gasteiger partial charge in [-0.25, -0.2) is 4.98 Å². The molecule has 2 rings (SSSR count). The molecule has 0 aromatic carbocycles. The lowest BCUT2D eigenvalue weighted by Crippen LogP contribution is -2.18. The molecule has 0 bridgehead atoms. The predicted octanol–water partition coefficient (Wildman–Crippen LogP) is 2.65. The molecule has 0 aliphatic carbocycles. The number of halogens is 1. The minimum absolute atomic E-state index is 0.703. The van der Waals surface area contributed by atoms with E-state index in [2.05, 4.69) is 20.9 Å². The summed E-state index contributed by atoms with van der Waals surface area (Å²) < 4.78 is 0.792.